The summed E-state index contributed by atoms with van der Waals surface area (Å²) in [6.45, 7) is 4.20. The highest BCUT2D eigenvalue weighted by Gasteiger charge is 2.22. The van der Waals surface area contributed by atoms with E-state index in [1.807, 2.05) is 30.3 Å². The van der Waals surface area contributed by atoms with Crippen LogP contribution < -0.4 is 10.6 Å². The number of benzene rings is 2. The molecular weight excluding hydrogens is 411 g/mol. The van der Waals surface area contributed by atoms with E-state index in [-0.39, 0.29) is 18.0 Å². The number of rotatable bonds is 10. The molecule has 1 atom stereocenters. The molecule has 1 saturated heterocycles. The van der Waals surface area contributed by atoms with Crippen molar-refractivity contribution in [2.45, 2.75) is 18.9 Å². The third-order valence-corrected chi connectivity index (χ3v) is 5.45. The third-order valence-electron chi connectivity index (χ3n) is 5.45. The maximum Gasteiger partial charge on any atom is 0.234 e. The van der Waals surface area contributed by atoms with Gasteiger partial charge in [0.1, 0.15) is 5.82 Å². The van der Waals surface area contributed by atoms with Crippen LogP contribution in [0.15, 0.2) is 54.6 Å². The van der Waals surface area contributed by atoms with E-state index in [1.165, 1.54) is 17.7 Å². The van der Waals surface area contributed by atoms with Gasteiger partial charge in [0.25, 0.3) is 0 Å². The Hall–Kier alpha value is -2.81. The topological polar surface area (TPSA) is 84.9 Å². The molecule has 2 aromatic carbocycles. The SMILES string of the molecule is O=C(CN1CCN(CC(O)CC(=O)Nc2ccccc2F)CC1)NCCc1ccccc1. The Labute approximate surface area is 188 Å². The fourth-order valence-electron chi connectivity index (χ4n) is 3.72. The third kappa shape index (κ3) is 8.03. The highest BCUT2D eigenvalue weighted by Crippen LogP contribution is 2.13. The van der Waals surface area contributed by atoms with Crippen LogP contribution in [-0.2, 0) is 16.0 Å². The quantitative estimate of drug-likeness (QED) is 0.519. The molecular formula is C24H31FN4O3. The number of anilines is 1. The number of β-amino-alcohol motifs (C(OH)–C–C–N with tert-alkyl or cyclic N) is 1. The first-order valence-corrected chi connectivity index (χ1v) is 11.0. The highest BCUT2D eigenvalue weighted by molar-refractivity contribution is 5.91. The molecule has 3 rings (SSSR count). The Kier molecular flexibility index (Phi) is 9.15. The van der Waals surface area contributed by atoms with Gasteiger partial charge >= 0.3 is 0 Å². The molecule has 7 nitrogen and oxygen atoms in total. The number of halogens is 1. The molecule has 0 aromatic heterocycles. The minimum Gasteiger partial charge on any atom is -0.391 e. The van der Waals surface area contributed by atoms with Crippen LogP contribution in [0.4, 0.5) is 10.1 Å². The molecule has 1 heterocycles. The zero-order chi connectivity index (χ0) is 22.8. The molecule has 1 aliphatic rings. The summed E-state index contributed by atoms with van der Waals surface area (Å²) < 4.78 is 13.6. The lowest BCUT2D eigenvalue weighted by molar-refractivity contribution is -0.123. The van der Waals surface area contributed by atoms with Gasteiger partial charge in [-0.05, 0) is 24.1 Å². The van der Waals surface area contributed by atoms with Crippen molar-refractivity contribution in [2.75, 3.05) is 51.1 Å². The van der Waals surface area contributed by atoms with E-state index >= 15 is 0 Å². The van der Waals surface area contributed by atoms with Crippen molar-refractivity contribution in [3.63, 3.8) is 0 Å². The number of aliphatic hydroxyl groups is 1. The van der Waals surface area contributed by atoms with Crippen LogP contribution in [0.25, 0.3) is 0 Å². The van der Waals surface area contributed by atoms with Crippen LogP contribution in [0.1, 0.15) is 12.0 Å². The number of nitrogens with zero attached hydrogens (tertiary/aromatic N) is 2. The molecule has 1 fully saturated rings. The molecule has 172 valence electrons. The van der Waals surface area contributed by atoms with Gasteiger partial charge in [0.05, 0.1) is 24.8 Å². The molecule has 0 saturated carbocycles. The van der Waals surface area contributed by atoms with Crippen molar-refractivity contribution in [3.05, 3.63) is 66.0 Å². The predicted octanol–water partition coefficient (Wildman–Crippen LogP) is 1.49. The number of piperazine rings is 1. The fraction of sp³-hybridized carbons (Fsp3) is 0.417. The van der Waals surface area contributed by atoms with Gasteiger partial charge in [0.2, 0.25) is 11.8 Å². The molecule has 0 aliphatic carbocycles. The van der Waals surface area contributed by atoms with Gasteiger partial charge in [-0.25, -0.2) is 4.39 Å². The zero-order valence-electron chi connectivity index (χ0n) is 18.2. The van der Waals surface area contributed by atoms with Gasteiger partial charge in [0, 0.05) is 39.3 Å². The van der Waals surface area contributed by atoms with Crippen LogP contribution in [-0.4, -0.2) is 78.6 Å². The average molecular weight is 443 g/mol. The second kappa shape index (κ2) is 12.3. The van der Waals surface area contributed by atoms with Crippen LogP contribution in [0.5, 0.6) is 0 Å². The Balaban J connectivity index is 1.29. The van der Waals surface area contributed by atoms with Crippen LogP contribution in [0.3, 0.4) is 0 Å². The summed E-state index contributed by atoms with van der Waals surface area (Å²) in [6.07, 6.45) is -0.129. The number of para-hydroxylation sites is 1. The minimum atomic E-state index is -0.838. The summed E-state index contributed by atoms with van der Waals surface area (Å²) in [5, 5.41) is 15.7. The first kappa shape index (κ1) is 23.8. The number of carbonyl (C=O) groups excluding carboxylic acids is 2. The second-order valence-electron chi connectivity index (χ2n) is 8.05. The monoisotopic (exact) mass is 442 g/mol. The number of carbonyl (C=O) groups is 2. The van der Waals surface area contributed by atoms with Gasteiger partial charge in [-0.3, -0.25) is 19.4 Å². The lowest BCUT2D eigenvalue weighted by atomic mass is 10.1. The number of aliphatic hydroxyl groups excluding tert-OH is 1. The summed E-state index contributed by atoms with van der Waals surface area (Å²) in [5.74, 6) is -0.914. The summed E-state index contributed by atoms with van der Waals surface area (Å²) >= 11 is 0. The average Bonchev–Trinajstić information content (AvgIpc) is 2.77. The molecule has 0 spiro atoms. The number of amides is 2. The largest absolute Gasteiger partial charge is 0.391 e. The van der Waals surface area contributed by atoms with Crippen LogP contribution in [0.2, 0.25) is 0 Å². The van der Waals surface area contributed by atoms with Gasteiger partial charge in [0.15, 0.2) is 0 Å². The standard InChI is InChI=1S/C24H31FN4O3/c25-21-8-4-5-9-22(21)27-23(31)16-20(30)17-28-12-14-29(15-13-28)18-24(32)26-11-10-19-6-2-1-3-7-19/h1-9,20,30H,10-18H2,(H,26,32)(H,27,31). The first-order valence-electron chi connectivity index (χ1n) is 11.0. The maximum atomic E-state index is 13.6. The van der Waals surface area contributed by atoms with E-state index in [1.54, 1.807) is 12.1 Å². The molecule has 1 aliphatic heterocycles. The summed E-state index contributed by atoms with van der Waals surface area (Å²) in [7, 11) is 0. The Morgan fingerprint density at radius 3 is 2.31 bits per heavy atom. The number of hydrogen-bond donors (Lipinski definition) is 3. The van der Waals surface area contributed by atoms with Crippen LogP contribution >= 0.6 is 0 Å². The zero-order valence-corrected chi connectivity index (χ0v) is 18.2. The molecule has 3 N–H and O–H groups in total. The molecule has 2 amide bonds. The van der Waals surface area contributed by atoms with Gasteiger partial charge in [-0.15, -0.1) is 0 Å². The lowest BCUT2D eigenvalue weighted by Crippen LogP contribution is -2.51. The van der Waals surface area contributed by atoms with E-state index in [0.717, 1.165) is 19.5 Å². The molecule has 1 unspecified atom stereocenters. The molecule has 0 bridgehead atoms. The van der Waals surface area contributed by atoms with E-state index in [9.17, 15) is 19.1 Å². The van der Waals surface area contributed by atoms with Crippen molar-refractivity contribution in [3.8, 4) is 0 Å². The molecule has 8 heteroatoms. The Morgan fingerprint density at radius 2 is 1.59 bits per heavy atom. The lowest BCUT2D eigenvalue weighted by Gasteiger charge is -2.35. The predicted molar refractivity (Wildman–Crippen MR) is 122 cm³/mol. The summed E-state index contributed by atoms with van der Waals surface area (Å²) in [5.41, 5.74) is 1.31. The van der Waals surface area contributed by atoms with Crippen molar-refractivity contribution in [1.82, 2.24) is 15.1 Å². The van der Waals surface area contributed by atoms with Crippen molar-refractivity contribution < 1.29 is 19.1 Å². The first-order chi connectivity index (χ1) is 15.5. The smallest absolute Gasteiger partial charge is 0.234 e. The molecule has 32 heavy (non-hydrogen) atoms. The summed E-state index contributed by atoms with van der Waals surface area (Å²) in [6, 6.07) is 16.0. The van der Waals surface area contributed by atoms with E-state index in [2.05, 4.69) is 20.4 Å². The van der Waals surface area contributed by atoms with E-state index < -0.39 is 17.8 Å². The van der Waals surface area contributed by atoms with Crippen molar-refractivity contribution in [2.24, 2.45) is 0 Å². The Bertz CT molecular complexity index is 873. The number of hydrogen-bond acceptors (Lipinski definition) is 5. The Morgan fingerprint density at radius 1 is 0.938 bits per heavy atom. The van der Waals surface area contributed by atoms with Crippen LogP contribution in [0, 0.1) is 5.82 Å². The van der Waals surface area contributed by atoms with Crippen molar-refractivity contribution >= 4 is 17.5 Å². The molecule has 0 radical (unpaired) electrons. The van der Waals surface area contributed by atoms with Gasteiger partial charge < -0.3 is 15.7 Å². The van der Waals surface area contributed by atoms with Crippen molar-refractivity contribution in [1.29, 1.82) is 0 Å². The fourth-order valence-corrected chi connectivity index (χ4v) is 3.72. The second-order valence-corrected chi connectivity index (χ2v) is 8.05. The maximum absolute atomic E-state index is 13.6. The normalized spacial score (nSPS) is 15.8. The highest BCUT2D eigenvalue weighted by atomic mass is 19.1. The van der Waals surface area contributed by atoms with Gasteiger partial charge in [-0.1, -0.05) is 42.5 Å². The number of nitrogens with one attached hydrogen (secondary N) is 2. The van der Waals surface area contributed by atoms with Gasteiger partial charge in [-0.2, -0.15) is 0 Å². The van der Waals surface area contributed by atoms with E-state index in [4.69, 9.17) is 0 Å². The van der Waals surface area contributed by atoms with E-state index in [0.29, 0.717) is 32.7 Å². The molecule has 2 aromatic rings. The minimum absolute atomic E-state index is 0.0132. The summed E-state index contributed by atoms with van der Waals surface area (Å²) in [4.78, 5) is 28.4.